The molecule has 2 aliphatic heterocycles. The number of ether oxygens (including phenoxy) is 2. The molecule has 178 valence electrons. The minimum atomic E-state index is -0.716. The lowest BCUT2D eigenvalue weighted by Crippen LogP contribution is -2.47. The SMILES string of the molecule is CC1(C)OCC(C(=O)N2CC3CC2CC3C(NSC(C)(C)C)c2cc(Cl)c(Cl)cc2O)O1. The number of fused-ring (bicyclic) bond motifs is 2. The van der Waals surface area contributed by atoms with Crippen molar-refractivity contribution in [2.24, 2.45) is 11.8 Å². The van der Waals surface area contributed by atoms with Gasteiger partial charge in [-0.1, -0.05) is 35.1 Å². The summed E-state index contributed by atoms with van der Waals surface area (Å²) in [5.41, 5.74) is 0.751. The summed E-state index contributed by atoms with van der Waals surface area (Å²) in [6, 6.07) is 3.34. The van der Waals surface area contributed by atoms with E-state index >= 15 is 0 Å². The maximum Gasteiger partial charge on any atom is 0.254 e. The van der Waals surface area contributed by atoms with Crippen LogP contribution < -0.4 is 4.72 Å². The molecule has 5 atom stereocenters. The Hall–Kier alpha value is -0.700. The van der Waals surface area contributed by atoms with Crippen molar-refractivity contribution in [2.45, 2.75) is 76.2 Å². The van der Waals surface area contributed by atoms with Gasteiger partial charge in [0.1, 0.15) is 5.75 Å². The summed E-state index contributed by atoms with van der Waals surface area (Å²) < 4.78 is 15.0. The number of phenolic OH excluding ortho intramolecular Hbond substituents is 1. The number of nitrogens with one attached hydrogen (secondary N) is 1. The number of rotatable bonds is 5. The molecular weight excluding hydrogens is 471 g/mol. The van der Waals surface area contributed by atoms with E-state index in [1.165, 1.54) is 6.07 Å². The van der Waals surface area contributed by atoms with E-state index in [0.717, 1.165) is 18.4 Å². The van der Waals surface area contributed by atoms with Crippen molar-refractivity contribution in [3.05, 3.63) is 27.7 Å². The van der Waals surface area contributed by atoms with Gasteiger partial charge in [0.2, 0.25) is 0 Å². The standard InChI is InChI=1S/C23H32Cl2N2O4S/c1-22(2,3)32-26-20(15-8-16(24)17(25)9-18(15)28)14-7-13-6-12(14)10-27(13)21(29)19-11-30-23(4,5)31-19/h8-9,12-14,19-20,26,28H,6-7,10-11H2,1-5H3. The fourth-order valence-electron chi connectivity index (χ4n) is 5.09. The van der Waals surface area contributed by atoms with Crippen LogP contribution in [0.2, 0.25) is 10.0 Å². The lowest BCUT2D eigenvalue weighted by Gasteiger charge is -2.38. The van der Waals surface area contributed by atoms with Gasteiger partial charge >= 0.3 is 0 Å². The molecule has 2 heterocycles. The summed E-state index contributed by atoms with van der Waals surface area (Å²) in [4.78, 5) is 15.1. The number of phenols is 1. The number of amides is 1. The third-order valence-corrected chi connectivity index (χ3v) is 8.19. The molecule has 2 bridgehead atoms. The van der Waals surface area contributed by atoms with Crippen molar-refractivity contribution < 1.29 is 19.4 Å². The Kier molecular flexibility index (Phi) is 6.73. The van der Waals surface area contributed by atoms with Gasteiger partial charge in [0.05, 0.1) is 16.7 Å². The number of aromatic hydroxyl groups is 1. The van der Waals surface area contributed by atoms with Crippen LogP contribution in [0, 0.1) is 11.8 Å². The number of benzene rings is 1. The van der Waals surface area contributed by atoms with E-state index in [4.69, 9.17) is 32.7 Å². The second-order valence-electron chi connectivity index (χ2n) is 10.5. The first-order chi connectivity index (χ1) is 14.8. The predicted molar refractivity (Wildman–Crippen MR) is 128 cm³/mol. The van der Waals surface area contributed by atoms with Crippen LogP contribution in [0.4, 0.5) is 0 Å². The quantitative estimate of drug-likeness (QED) is 0.541. The zero-order valence-electron chi connectivity index (χ0n) is 19.2. The van der Waals surface area contributed by atoms with Crippen molar-refractivity contribution in [1.29, 1.82) is 0 Å². The third-order valence-electron chi connectivity index (χ3n) is 6.49. The van der Waals surface area contributed by atoms with Gasteiger partial charge in [0.15, 0.2) is 11.9 Å². The van der Waals surface area contributed by atoms with Gasteiger partial charge in [0, 0.05) is 35.0 Å². The van der Waals surface area contributed by atoms with Crippen LogP contribution in [0.25, 0.3) is 0 Å². The van der Waals surface area contributed by atoms with Crippen LogP contribution >= 0.6 is 35.1 Å². The zero-order valence-corrected chi connectivity index (χ0v) is 21.5. The second kappa shape index (κ2) is 8.82. The van der Waals surface area contributed by atoms with E-state index in [0.29, 0.717) is 29.1 Å². The lowest BCUT2D eigenvalue weighted by atomic mass is 9.84. The van der Waals surface area contributed by atoms with Crippen LogP contribution in [0.15, 0.2) is 12.1 Å². The number of carbonyl (C=O) groups is 1. The van der Waals surface area contributed by atoms with Crippen molar-refractivity contribution in [2.75, 3.05) is 13.2 Å². The molecule has 1 saturated carbocycles. The number of carbonyl (C=O) groups excluding carboxylic acids is 1. The topological polar surface area (TPSA) is 71.0 Å². The van der Waals surface area contributed by atoms with E-state index in [2.05, 4.69) is 25.5 Å². The summed E-state index contributed by atoms with van der Waals surface area (Å²) in [7, 11) is 0. The Morgan fingerprint density at radius 3 is 2.53 bits per heavy atom. The molecule has 1 aliphatic carbocycles. The molecule has 3 aliphatic rings. The highest BCUT2D eigenvalue weighted by atomic mass is 35.5. The van der Waals surface area contributed by atoms with Crippen LogP contribution in [0.5, 0.6) is 5.75 Å². The lowest BCUT2D eigenvalue weighted by molar-refractivity contribution is -0.161. The average Bonchev–Trinajstić information content (AvgIpc) is 3.38. The number of hydrogen-bond acceptors (Lipinski definition) is 6. The maximum absolute atomic E-state index is 13.1. The van der Waals surface area contributed by atoms with E-state index in [9.17, 15) is 9.90 Å². The highest BCUT2D eigenvalue weighted by Gasteiger charge is 2.52. The largest absolute Gasteiger partial charge is 0.508 e. The Bertz CT molecular complexity index is 891. The van der Waals surface area contributed by atoms with Crippen LogP contribution in [-0.4, -0.2) is 51.7 Å². The van der Waals surface area contributed by atoms with Gasteiger partial charge in [-0.05, 0) is 65.4 Å². The Labute approximate surface area is 204 Å². The first-order valence-electron chi connectivity index (χ1n) is 11.1. The van der Waals surface area contributed by atoms with Gasteiger partial charge in [-0.2, -0.15) is 0 Å². The zero-order chi connectivity index (χ0) is 23.4. The van der Waals surface area contributed by atoms with Crippen molar-refractivity contribution in [3.63, 3.8) is 0 Å². The van der Waals surface area contributed by atoms with Crippen LogP contribution in [-0.2, 0) is 14.3 Å². The van der Waals surface area contributed by atoms with Gasteiger partial charge in [-0.25, -0.2) is 0 Å². The molecule has 32 heavy (non-hydrogen) atoms. The highest BCUT2D eigenvalue weighted by molar-refractivity contribution is 7.98. The number of halogens is 2. The number of piperidine rings is 1. The predicted octanol–water partition coefficient (Wildman–Crippen LogP) is 5.16. The van der Waals surface area contributed by atoms with Gasteiger partial charge < -0.3 is 19.5 Å². The molecule has 3 fully saturated rings. The third kappa shape index (κ3) is 5.03. The average molecular weight is 503 g/mol. The molecule has 6 nitrogen and oxygen atoms in total. The smallest absolute Gasteiger partial charge is 0.254 e. The molecule has 0 radical (unpaired) electrons. The second-order valence-corrected chi connectivity index (χ2v) is 13.0. The molecule has 9 heteroatoms. The van der Waals surface area contributed by atoms with E-state index in [-0.39, 0.29) is 34.4 Å². The van der Waals surface area contributed by atoms with Crippen LogP contribution in [0.1, 0.15) is 59.1 Å². The molecule has 1 aromatic rings. The molecule has 0 aromatic heterocycles. The van der Waals surface area contributed by atoms with Crippen molar-refractivity contribution in [3.8, 4) is 5.75 Å². The molecule has 1 aromatic carbocycles. The van der Waals surface area contributed by atoms with Crippen molar-refractivity contribution in [1.82, 2.24) is 9.62 Å². The number of likely N-dealkylation sites (tertiary alicyclic amines) is 1. The summed E-state index contributed by atoms with van der Waals surface area (Å²) >= 11 is 14.1. The highest BCUT2D eigenvalue weighted by Crippen LogP contribution is 2.50. The first-order valence-corrected chi connectivity index (χ1v) is 12.7. The number of nitrogens with zero attached hydrogens (tertiary/aromatic N) is 1. The molecule has 2 saturated heterocycles. The van der Waals surface area contributed by atoms with Gasteiger partial charge in [-0.3, -0.25) is 9.52 Å². The van der Waals surface area contributed by atoms with Crippen molar-refractivity contribution >= 4 is 41.1 Å². The Morgan fingerprint density at radius 2 is 1.97 bits per heavy atom. The fraction of sp³-hybridized carbons (Fsp3) is 0.696. The normalized spacial score (nSPS) is 30.2. The summed E-state index contributed by atoms with van der Waals surface area (Å²) in [5, 5.41) is 11.5. The monoisotopic (exact) mass is 502 g/mol. The minimum Gasteiger partial charge on any atom is -0.508 e. The fourth-order valence-corrected chi connectivity index (χ4v) is 6.20. The van der Waals surface area contributed by atoms with E-state index < -0.39 is 11.9 Å². The summed E-state index contributed by atoms with van der Waals surface area (Å²) in [6.07, 6.45) is 1.27. The molecule has 4 rings (SSSR count). The van der Waals surface area contributed by atoms with Gasteiger partial charge in [-0.15, -0.1) is 0 Å². The van der Waals surface area contributed by atoms with E-state index in [1.807, 2.05) is 18.7 Å². The molecule has 2 N–H and O–H groups in total. The summed E-state index contributed by atoms with van der Waals surface area (Å²) in [5.74, 6) is 0.0328. The molecule has 0 spiro atoms. The number of hydrogen-bond donors (Lipinski definition) is 2. The Morgan fingerprint density at radius 1 is 1.28 bits per heavy atom. The van der Waals surface area contributed by atoms with Crippen LogP contribution in [0.3, 0.4) is 0 Å². The van der Waals surface area contributed by atoms with Gasteiger partial charge in [0.25, 0.3) is 5.91 Å². The molecular formula is C23H32Cl2N2O4S. The minimum absolute atomic E-state index is 0.00365. The Balaban J connectivity index is 1.52. The maximum atomic E-state index is 13.1. The molecule has 1 amide bonds. The summed E-state index contributed by atoms with van der Waals surface area (Å²) in [6.45, 7) is 11.1. The molecule has 5 unspecified atom stereocenters. The van der Waals surface area contributed by atoms with E-state index in [1.54, 1.807) is 18.0 Å². The first kappa shape index (κ1) is 24.4.